The van der Waals surface area contributed by atoms with Gasteiger partial charge >= 0.3 is 0 Å². The van der Waals surface area contributed by atoms with Crippen molar-refractivity contribution in [1.82, 2.24) is 14.5 Å². The number of aromatic nitrogens is 3. The molecule has 0 aliphatic rings. The summed E-state index contributed by atoms with van der Waals surface area (Å²) in [6.45, 7) is 15.6. The second kappa shape index (κ2) is 16.5. The molecule has 2 heterocycles. The molecule has 8 nitrogen and oxygen atoms in total. The van der Waals surface area contributed by atoms with Crippen molar-refractivity contribution in [2.75, 3.05) is 4.90 Å². The lowest BCUT2D eigenvalue weighted by atomic mass is 9.92. The Labute approximate surface area is 369 Å². The average Bonchev–Trinajstić information content (AvgIpc) is 3.70. The second-order valence-corrected chi connectivity index (χ2v) is 15.0. The number of rotatable bonds is 8. The Morgan fingerprint density at radius 3 is 1.66 bits per heavy atom. The second-order valence-electron chi connectivity index (χ2n) is 15.0. The van der Waals surface area contributed by atoms with Gasteiger partial charge in [0.15, 0.2) is 11.4 Å². The number of anilines is 3. The summed E-state index contributed by atoms with van der Waals surface area (Å²) in [5.74, 6) is 0.248. The molecule has 0 saturated carbocycles. The van der Waals surface area contributed by atoms with Gasteiger partial charge < -0.3 is 9.47 Å². The highest BCUT2D eigenvalue weighted by Crippen LogP contribution is 2.41. The lowest BCUT2D eigenvalue weighted by Crippen LogP contribution is -2.09. The predicted molar refractivity (Wildman–Crippen MR) is 255 cm³/mol. The summed E-state index contributed by atoms with van der Waals surface area (Å²) >= 11 is 0. The van der Waals surface area contributed by atoms with E-state index < -0.39 is 0 Å². The minimum absolute atomic E-state index is 0.248. The van der Waals surface area contributed by atoms with Gasteiger partial charge in [0.25, 0.3) is 0 Å². The first-order valence-corrected chi connectivity index (χ1v) is 20.4. The summed E-state index contributed by atoms with van der Waals surface area (Å²) in [6, 6.07) is 68.0. The zero-order valence-electron chi connectivity index (χ0n) is 34.1. The van der Waals surface area contributed by atoms with E-state index in [0.29, 0.717) is 45.0 Å². The summed E-state index contributed by atoms with van der Waals surface area (Å²) in [5, 5.41) is 23.6. The van der Waals surface area contributed by atoms with Crippen molar-refractivity contribution >= 4 is 50.2 Å². The van der Waals surface area contributed by atoms with Crippen molar-refractivity contribution in [1.29, 1.82) is 10.5 Å². The van der Waals surface area contributed by atoms with Crippen LogP contribution in [-0.2, 0) is 0 Å². The van der Waals surface area contributed by atoms with Gasteiger partial charge in [-0.15, -0.1) is 0 Å². The number of hydrogen-bond acceptors (Lipinski definition) is 5. The summed E-state index contributed by atoms with van der Waals surface area (Å²) in [4.78, 5) is 19.4. The van der Waals surface area contributed by atoms with E-state index in [1.807, 2.05) is 30.3 Å². The zero-order chi connectivity index (χ0) is 43.6. The Hall–Kier alpha value is -9.60. The quantitative estimate of drug-likeness (QED) is 0.142. The normalized spacial score (nSPS) is 10.8. The van der Waals surface area contributed by atoms with E-state index in [4.69, 9.17) is 23.1 Å². The van der Waals surface area contributed by atoms with Crippen molar-refractivity contribution < 1.29 is 0 Å². The first-order chi connectivity index (χ1) is 31.6. The third-order valence-electron chi connectivity index (χ3n) is 11.3. The Bertz CT molecular complexity index is 3450. The highest BCUT2D eigenvalue weighted by atomic mass is 15.1. The van der Waals surface area contributed by atoms with Crippen LogP contribution in [0.2, 0.25) is 0 Å². The summed E-state index contributed by atoms with van der Waals surface area (Å²) in [5.41, 5.74) is 11.2. The van der Waals surface area contributed by atoms with E-state index in [0.717, 1.165) is 50.1 Å². The van der Waals surface area contributed by atoms with Gasteiger partial charge in [0, 0.05) is 50.2 Å². The highest BCUT2D eigenvalue weighted by molar-refractivity contribution is 6.10. The van der Waals surface area contributed by atoms with Gasteiger partial charge in [0.05, 0.1) is 58.8 Å². The molecule has 8 aromatic carbocycles. The monoisotopic (exact) mass is 816 g/mol. The standard InChI is InChI=1S/C56H32N8/c1-59-49-22-12-9-20-46(49)51-34-52(62-56(61-51)47-21-10-13-23-50(47)60-2)55-39(35-57)31-38(32-40(55)36-58)37-25-27-43(28-26-37)64-53-24-14-11-19-45(53)48-33-44(29-30-54(48)64)63(41-15-5-3-6-16-41)42-17-7-4-8-18-42/h3-34H. The van der Waals surface area contributed by atoms with Crippen LogP contribution in [0.1, 0.15) is 11.1 Å². The largest absolute Gasteiger partial charge is 0.310 e. The number of nitrogens with zero attached hydrogens (tertiary/aromatic N) is 8. The topological polar surface area (TPSA) is 90.2 Å². The van der Waals surface area contributed by atoms with E-state index in [2.05, 4.69) is 134 Å². The molecular formula is C56H32N8. The lowest BCUT2D eigenvalue weighted by Gasteiger charge is -2.25. The summed E-state index contributed by atoms with van der Waals surface area (Å²) in [7, 11) is 0. The van der Waals surface area contributed by atoms with E-state index in [1.54, 1.807) is 60.7 Å². The van der Waals surface area contributed by atoms with Crippen LogP contribution in [0.25, 0.3) is 82.2 Å². The van der Waals surface area contributed by atoms with Gasteiger partial charge in [0.2, 0.25) is 0 Å². The van der Waals surface area contributed by atoms with Crippen LogP contribution >= 0.6 is 0 Å². The van der Waals surface area contributed by atoms with Crippen LogP contribution in [0.5, 0.6) is 0 Å². The van der Waals surface area contributed by atoms with Crippen LogP contribution in [0.3, 0.4) is 0 Å². The predicted octanol–water partition coefficient (Wildman–Crippen LogP) is 14.6. The van der Waals surface area contributed by atoms with Crippen molar-refractivity contribution in [3.05, 3.63) is 228 Å². The molecule has 0 bridgehead atoms. The maximum Gasteiger partial charge on any atom is 0.198 e. The third kappa shape index (κ3) is 6.83. The molecule has 64 heavy (non-hydrogen) atoms. The van der Waals surface area contributed by atoms with Gasteiger partial charge in [-0.3, -0.25) is 0 Å². The number of hydrogen-bond donors (Lipinski definition) is 0. The summed E-state index contributed by atoms with van der Waals surface area (Å²) < 4.78 is 2.26. The molecule has 0 N–H and O–H groups in total. The molecule has 2 aromatic heterocycles. The first kappa shape index (κ1) is 38.6. The van der Waals surface area contributed by atoms with Crippen molar-refractivity contribution in [2.45, 2.75) is 0 Å². The Morgan fingerprint density at radius 1 is 0.469 bits per heavy atom. The fourth-order valence-electron chi connectivity index (χ4n) is 8.43. The van der Waals surface area contributed by atoms with Gasteiger partial charge in [-0.05, 0) is 90.0 Å². The van der Waals surface area contributed by atoms with Gasteiger partial charge in [-0.2, -0.15) is 10.5 Å². The number of nitriles is 2. The van der Waals surface area contributed by atoms with Crippen LogP contribution < -0.4 is 4.90 Å². The van der Waals surface area contributed by atoms with Gasteiger partial charge in [-0.1, -0.05) is 115 Å². The van der Waals surface area contributed by atoms with E-state index >= 15 is 0 Å². The molecule has 0 aliphatic carbocycles. The molecule has 0 spiro atoms. The molecule has 0 aliphatic heterocycles. The summed E-state index contributed by atoms with van der Waals surface area (Å²) in [6.07, 6.45) is 0. The maximum absolute atomic E-state index is 10.7. The first-order valence-electron chi connectivity index (χ1n) is 20.4. The molecule has 296 valence electrons. The van der Waals surface area contributed by atoms with Crippen LogP contribution in [0.15, 0.2) is 194 Å². The number of fused-ring (bicyclic) bond motifs is 3. The van der Waals surface area contributed by atoms with Gasteiger partial charge in [0.1, 0.15) is 5.82 Å². The Balaban J connectivity index is 1.07. The average molecular weight is 817 g/mol. The molecule has 10 aromatic rings. The minimum Gasteiger partial charge on any atom is -0.310 e. The fourth-order valence-corrected chi connectivity index (χ4v) is 8.43. The molecule has 0 atom stereocenters. The van der Waals surface area contributed by atoms with Crippen molar-refractivity contribution in [3.8, 4) is 62.9 Å². The molecule has 8 heteroatoms. The van der Waals surface area contributed by atoms with E-state index in [-0.39, 0.29) is 17.0 Å². The molecule has 0 amide bonds. The SMILES string of the molecule is [C-]#[N+]c1ccccc1-c1cc(-c2c(C#N)cc(-c3ccc(-n4c5ccccc5c5cc(N(c6ccccc6)c6ccccc6)ccc54)cc3)cc2C#N)nc(-c2ccccc2[N+]#[C-])n1. The van der Waals surface area contributed by atoms with Crippen LogP contribution in [0.4, 0.5) is 28.4 Å². The molecule has 0 unspecified atom stereocenters. The van der Waals surface area contributed by atoms with Crippen LogP contribution in [-0.4, -0.2) is 14.5 Å². The lowest BCUT2D eigenvalue weighted by molar-refractivity contribution is 1.18. The van der Waals surface area contributed by atoms with Crippen molar-refractivity contribution in [3.63, 3.8) is 0 Å². The minimum atomic E-state index is 0.248. The maximum atomic E-state index is 10.7. The van der Waals surface area contributed by atoms with Gasteiger partial charge in [-0.25, -0.2) is 19.7 Å². The molecular weight excluding hydrogens is 785 g/mol. The third-order valence-corrected chi connectivity index (χ3v) is 11.3. The van der Waals surface area contributed by atoms with E-state index in [1.165, 1.54) is 0 Å². The fraction of sp³-hybridized carbons (Fsp3) is 0. The molecule has 10 rings (SSSR count). The molecule has 0 radical (unpaired) electrons. The Morgan fingerprint density at radius 2 is 1.02 bits per heavy atom. The number of para-hydroxylation sites is 5. The highest BCUT2D eigenvalue weighted by Gasteiger charge is 2.21. The Kier molecular flexibility index (Phi) is 9.92. The molecule has 0 saturated heterocycles. The molecule has 0 fully saturated rings. The van der Waals surface area contributed by atoms with E-state index in [9.17, 15) is 10.5 Å². The van der Waals surface area contributed by atoms with Crippen molar-refractivity contribution in [2.24, 2.45) is 0 Å². The van der Waals surface area contributed by atoms with Crippen LogP contribution in [0, 0.1) is 35.8 Å². The smallest absolute Gasteiger partial charge is 0.198 e. The zero-order valence-corrected chi connectivity index (χ0v) is 34.1. The number of benzene rings is 8.